The van der Waals surface area contributed by atoms with Gasteiger partial charge in [-0.3, -0.25) is 4.98 Å². The van der Waals surface area contributed by atoms with Gasteiger partial charge in [0.1, 0.15) is 0 Å². The molecule has 30 heavy (non-hydrogen) atoms. The highest BCUT2D eigenvalue weighted by Crippen LogP contribution is 2.39. The molecule has 1 saturated carbocycles. The second-order valence-corrected chi connectivity index (χ2v) is 8.56. The van der Waals surface area contributed by atoms with E-state index in [-0.39, 0.29) is 5.78 Å². The van der Waals surface area contributed by atoms with E-state index in [0.29, 0.717) is 31.0 Å². The van der Waals surface area contributed by atoms with Crippen LogP contribution >= 0.6 is 9.24 Å². The predicted octanol–water partition coefficient (Wildman–Crippen LogP) is 3.59. The van der Waals surface area contributed by atoms with Gasteiger partial charge in [0.25, 0.3) is 0 Å². The molecule has 0 amide bonds. The zero-order valence-corrected chi connectivity index (χ0v) is 17.4. The summed E-state index contributed by atoms with van der Waals surface area (Å²) < 4.78 is 11.5. The fourth-order valence-corrected chi connectivity index (χ4v) is 4.27. The predicted molar refractivity (Wildman–Crippen MR) is 116 cm³/mol. The molecule has 1 saturated heterocycles. The zero-order valence-electron chi connectivity index (χ0n) is 16.3. The summed E-state index contributed by atoms with van der Waals surface area (Å²) in [4.78, 5) is 14.7. The number of morpholine rings is 1. The smallest absolute Gasteiger partial charge is 0.319 e. The topological polar surface area (TPSA) is 93.0 Å². The SMILES string of the molecule is PC1COCCN1c1nnc(-c2ccc3[nH]cc(-c4cncc(C5CC5)n4)c3c2)o1. The van der Waals surface area contributed by atoms with Gasteiger partial charge >= 0.3 is 6.01 Å². The van der Waals surface area contributed by atoms with Crippen LogP contribution in [0.3, 0.4) is 0 Å². The largest absolute Gasteiger partial charge is 0.403 e. The molecule has 2 aliphatic rings. The molecular formula is C21H21N6O2P. The van der Waals surface area contributed by atoms with Gasteiger partial charge in [-0.1, -0.05) is 5.10 Å². The van der Waals surface area contributed by atoms with Gasteiger partial charge in [-0.15, -0.1) is 14.3 Å². The van der Waals surface area contributed by atoms with E-state index in [1.165, 1.54) is 12.8 Å². The lowest BCUT2D eigenvalue weighted by atomic mass is 10.1. The second-order valence-electron chi connectivity index (χ2n) is 7.79. The van der Waals surface area contributed by atoms with E-state index in [1.54, 1.807) is 0 Å². The Morgan fingerprint density at radius 1 is 1.17 bits per heavy atom. The number of aromatic amines is 1. The maximum Gasteiger partial charge on any atom is 0.319 e. The van der Waals surface area contributed by atoms with E-state index < -0.39 is 0 Å². The minimum atomic E-state index is 0.128. The number of rotatable bonds is 4. The lowest BCUT2D eigenvalue weighted by molar-refractivity contribution is 0.112. The molecule has 152 valence electrons. The number of hydrogen-bond donors (Lipinski definition) is 1. The molecular weight excluding hydrogens is 399 g/mol. The molecule has 0 radical (unpaired) electrons. The molecule has 1 aliphatic heterocycles. The Bertz CT molecular complexity index is 1220. The lowest BCUT2D eigenvalue weighted by Gasteiger charge is -2.31. The summed E-state index contributed by atoms with van der Waals surface area (Å²) in [5.74, 6) is 1.19. The van der Waals surface area contributed by atoms with Crippen molar-refractivity contribution in [3.63, 3.8) is 0 Å². The van der Waals surface area contributed by atoms with Crippen molar-refractivity contribution >= 4 is 26.2 Å². The molecule has 9 heteroatoms. The second kappa shape index (κ2) is 7.15. The lowest BCUT2D eigenvalue weighted by Crippen LogP contribution is -2.42. The molecule has 0 bridgehead atoms. The monoisotopic (exact) mass is 420 g/mol. The Labute approximate surface area is 175 Å². The van der Waals surface area contributed by atoms with Crippen LogP contribution in [0, 0.1) is 0 Å². The molecule has 1 N–H and O–H groups in total. The van der Waals surface area contributed by atoms with Crippen LogP contribution in [0.5, 0.6) is 0 Å². The maximum atomic E-state index is 6.01. The molecule has 2 fully saturated rings. The maximum absolute atomic E-state index is 6.01. The van der Waals surface area contributed by atoms with Crippen molar-refractivity contribution in [1.82, 2.24) is 25.1 Å². The van der Waals surface area contributed by atoms with Gasteiger partial charge in [-0.05, 0) is 31.0 Å². The van der Waals surface area contributed by atoms with Gasteiger partial charge in [0, 0.05) is 46.9 Å². The average Bonchev–Trinajstić information content (AvgIpc) is 3.37. The number of anilines is 1. The fourth-order valence-electron chi connectivity index (χ4n) is 3.86. The van der Waals surface area contributed by atoms with Gasteiger partial charge in [-0.2, -0.15) is 0 Å². The van der Waals surface area contributed by atoms with Crippen LogP contribution in [0.1, 0.15) is 24.5 Å². The third-order valence-corrected chi connectivity index (χ3v) is 6.23. The van der Waals surface area contributed by atoms with Gasteiger partial charge in [0.05, 0.1) is 36.6 Å². The minimum Gasteiger partial charge on any atom is -0.403 e. The summed E-state index contributed by atoms with van der Waals surface area (Å²) in [5.41, 5.74) is 4.90. The highest BCUT2D eigenvalue weighted by Gasteiger charge is 2.26. The quantitative estimate of drug-likeness (QED) is 0.504. The number of ether oxygens (including phenoxy) is 1. The molecule has 6 rings (SSSR count). The Morgan fingerprint density at radius 2 is 2.10 bits per heavy atom. The third kappa shape index (κ3) is 3.16. The zero-order chi connectivity index (χ0) is 20.1. The summed E-state index contributed by atoms with van der Waals surface area (Å²) >= 11 is 0. The summed E-state index contributed by atoms with van der Waals surface area (Å²) in [7, 11) is 2.76. The first-order valence-corrected chi connectivity index (χ1v) is 10.8. The Hall–Kier alpha value is -2.83. The number of aromatic nitrogens is 5. The summed E-state index contributed by atoms with van der Waals surface area (Å²) in [6, 6.07) is 6.61. The van der Waals surface area contributed by atoms with E-state index in [0.717, 1.165) is 40.0 Å². The van der Waals surface area contributed by atoms with Gasteiger partial charge < -0.3 is 19.0 Å². The van der Waals surface area contributed by atoms with Crippen molar-refractivity contribution < 1.29 is 9.15 Å². The molecule has 1 aromatic carbocycles. The number of nitrogens with zero attached hydrogens (tertiary/aromatic N) is 5. The van der Waals surface area contributed by atoms with Crippen LogP contribution in [0.15, 0.2) is 41.2 Å². The summed E-state index contributed by atoms with van der Waals surface area (Å²) in [6.07, 6.45) is 8.10. The third-order valence-electron chi connectivity index (χ3n) is 5.68. The van der Waals surface area contributed by atoms with Crippen molar-refractivity contribution in [3.8, 4) is 22.7 Å². The van der Waals surface area contributed by atoms with Gasteiger partial charge in [0.15, 0.2) is 0 Å². The first-order valence-electron chi connectivity index (χ1n) is 10.1. The minimum absolute atomic E-state index is 0.128. The Morgan fingerprint density at radius 3 is 2.97 bits per heavy atom. The number of nitrogens with one attached hydrogen (secondary N) is 1. The molecule has 4 aromatic rings. The van der Waals surface area contributed by atoms with Crippen LogP contribution in [0.25, 0.3) is 33.6 Å². The average molecular weight is 420 g/mol. The number of H-pyrrole nitrogens is 1. The van der Waals surface area contributed by atoms with Crippen molar-refractivity contribution in [2.75, 3.05) is 24.7 Å². The van der Waals surface area contributed by atoms with E-state index in [9.17, 15) is 0 Å². The first-order chi connectivity index (χ1) is 14.8. The van der Waals surface area contributed by atoms with Crippen LogP contribution in [-0.4, -0.2) is 50.7 Å². The highest BCUT2D eigenvalue weighted by atomic mass is 31.0. The standard InChI is InChI=1S/C21H21N6O2P/c30-19-11-28-6-5-27(19)21-26-25-20(29-21)13-3-4-16-14(7-13)15(8-23-16)18-10-22-9-17(24-18)12-1-2-12/h3-4,7-10,12,19,23H,1-2,5-6,11,30H2. The normalized spacial score (nSPS) is 19.5. The van der Waals surface area contributed by atoms with E-state index >= 15 is 0 Å². The van der Waals surface area contributed by atoms with Crippen LogP contribution in [0.4, 0.5) is 6.01 Å². The number of hydrogen-bond acceptors (Lipinski definition) is 7. The summed E-state index contributed by atoms with van der Waals surface area (Å²) in [5, 5.41) is 9.61. The molecule has 3 aromatic heterocycles. The Balaban J connectivity index is 1.36. The van der Waals surface area contributed by atoms with E-state index in [2.05, 4.69) is 40.4 Å². The fraction of sp³-hybridized carbons (Fsp3) is 0.333. The van der Waals surface area contributed by atoms with Crippen LogP contribution < -0.4 is 4.90 Å². The molecule has 2 unspecified atom stereocenters. The van der Waals surface area contributed by atoms with Gasteiger partial charge in [0.2, 0.25) is 5.89 Å². The molecule has 8 nitrogen and oxygen atoms in total. The molecule has 4 heterocycles. The van der Waals surface area contributed by atoms with Crippen molar-refractivity contribution in [2.24, 2.45) is 0 Å². The van der Waals surface area contributed by atoms with Crippen LogP contribution in [0.2, 0.25) is 0 Å². The first kappa shape index (κ1) is 18.0. The van der Waals surface area contributed by atoms with Crippen molar-refractivity contribution in [2.45, 2.75) is 24.5 Å². The van der Waals surface area contributed by atoms with Crippen molar-refractivity contribution in [1.29, 1.82) is 0 Å². The van der Waals surface area contributed by atoms with Crippen molar-refractivity contribution in [3.05, 3.63) is 42.5 Å². The van der Waals surface area contributed by atoms with E-state index in [4.69, 9.17) is 14.1 Å². The molecule has 1 aliphatic carbocycles. The summed E-state index contributed by atoms with van der Waals surface area (Å²) in [6.45, 7) is 2.01. The van der Waals surface area contributed by atoms with Gasteiger partial charge in [-0.25, -0.2) is 4.98 Å². The molecule has 2 atom stereocenters. The van der Waals surface area contributed by atoms with E-state index in [1.807, 2.05) is 30.7 Å². The highest BCUT2D eigenvalue weighted by molar-refractivity contribution is 7.17. The van der Waals surface area contributed by atoms with Crippen LogP contribution in [-0.2, 0) is 4.74 Å². The number of fused-ring (bicyclic) bond motifs is 1. The number of benzene rings is 1. The molecule has 0 spiro atoms. The Kier molecular flexibility index (Phi) is 4.28.